The number of benzene rings is 1. The molecule has 0 atom stereocenters. The van der Waals surface area contributed by atoms with E-state index in [0.717, 1.165) is 23.7 Å². The molecule has 0 aliphatic carbocycles. The first-order valence-electron chi connectivity index (χ1n) is 6.09. The molecule has 0 bridgehead atoms. The highest BCUT2D eigenvalue weighted by atomic mass is 16.5. The summed E-state index contributed by atoms with van der Waals surface area (Å²) in [6, 6.07) is 8.01. The molecule has 0 amide bonds. The van der Waals surface area contributed by atoms with Gasteiger partial charge in [-0.1, -0.05) is 17.7 Å². The Morgan fingerprint density at radius 3 is 2.67 bits per heavy atom. The van der Waals surface area contributed by atoms with Crippen molar-refractivity contribution in [1.82, 2.24) is 9.55 Å². The number of ether oxygens (including phenoxy) is 1. The summed E-state index contributed by atoms with van der Waals surface area (Å²) in [7, 11) is 1.99. The lowest BCUT2D eigenvalue weighted by atomic mass is 10.2. The van der Waals surface area contributed by atoms with Crippen LogP contribution in [0.1, 0.15) is 17.1 Å². The largest absolute Gasteiger partial charge is 0.486 e. The van der Waals surface area contributed by atoms with E-state index in [2.05, 4.69) is 11.9 Å². The van der Waals surface area contributed by atoms with E-state index in [0.29, 0.717) is 13.2 Å². The molecule has 0 aliphatic rings. The Bertz CT molecular complexity index is 502. The predicted octanol–water partition coefficient (Wildman–Crippen LogP) is 1.81. The molecule has 0 unspecified atom stereocenters. The Morgan fingerprint density at radius 2 is 2.00 bits per heavy atom. The maximum absolute atomic E-state index is 5.70. The minimum absolute atomic E-state index is 0.476. The SMILES string of the molecule is Cc1ccc(OCc2ncc(CCN)n2C)cc1. The van der Waals surface area contributed by atoms with Crippen molar-refractivity contribution < 1.29 is 4.74 Å². The van der Waals surface area contributed by atoms with Gasteiger partial charge in [0.05, 0.1) is 0 Å². The molecule has 1 aromatic heterocycles. The fourth-order valence-corrected chi connectivity index (χ4v) is 1.78. The summed E-state index contributed by atoms with van der Waals surface area (Å²) in [6.45, 7) is 3.17. The van der Waals surface area contributed by atoms with Gasteiger partial charge >= 0.3 is 0 Å². The summed E-state index contributed by atoms with van der Waals surface area (Å²) in [5, 5.41) is 0. The van der Waals surface area contributed by atoms with Crippen LogP contribution >= 0.6 is 0 Å². The van der Waals surface area contributed by atoms with Crippen molar-refractivity contribution in [3.63, 3.8) is 0 Å². The summed E-state index contributed by atoms with van der Waals surface area (Å²) in [5.74, 6) is 1.78. The van der Waals surface area contributed by atoms with Crippen molar-refractivity contribution in [2.45, 2.75) is 20.0 Å². The molecular formula is C14H19N3O. The minimum Gasteiger partial charge on any atom is -0.486 e. The van der Waals surface area contributed by atoms with Crippen LogP contribution in [0.5, 0.6) is 5.75 Å². The van der Waals surface area contributed by atoms with E-state index >= 15 is 0 Å². The number of nitrogens with two attached hydrogens (primary N) is 1. The van der Waals surface area contributed by atoms with Gasteiger partial charge in [-0.05, 0) is 25.6 Å². The van der Waals surface area contributed by atoms with E-state index in [4.69, 9.17) is 10.5 Å². The summed E-state index contributed by atoms with van der Waals surface area (Å²) >= 11 is 0. The Morgan fingerprint density at radius 1 is 1.28 bits per heavy atom. The lowest BCUT2D eigenvalue weighted by Gasteiger charge is -2.08. The summed E-state index contributed by atoms with van der Waals surface area (Å²) in [4.78, 5) is 4.35. The van der Waals surface area contributed by atoms with Gasteiger partial charge in [-0.2, -0.15) is 0 Å². The summed E-state index contributed by atoms with van der Waals surface area (Å²) in [5.41, 5.74) is 7.91. The molecule has 0 spiro atoms. The topological polar surface area (TPSA) is 53.1 Å². The molecule has 0 saturated carbocycles. The van der Waals surface area contributed by atoms with Gasteiger partial charge in [0.15, 0.2) is 0 Å². The van der Waals surface area contributed by atoms with Crippen LogP contribution in [0.2, 0.25) is 0 Å². The highest BCUT2D eigenvalue weighted by molar-refractivity contribution is 5.26. The molecule has 1 aromatic carbocycles. The summed E-state index contributed by atoms with van der Waals surface area (Å²) < 4.78 is 7.75. The molecule has 0 aliphatic heterocycles. The van der Waals surface area contributed by atoms with Crippen LogP contribution in [-0.4, -0.2) is 16.1 Å². The lowest BCUT2D eigenvalue weighted by molar-refractivity contribution is 0.291. The molecular weight excluding hydrogens is 226 g/mol. The molecule has 4 nitrogen and oxygen atoms in total. The normalized spacial score (nSPS) is 10.6. The molecule has 0 fully saturated rings. The fraction of sp³-hybridized carbons (Fsp3) is 0.357. The van der Waals surface area contributed by atoms with Crippen LogP contribution in [0, 0.1) is 6.92 Å². The standard InChI is InChI=1S/C14H19N3O/c1-11-3-5-13(6-4-11)18-10-14-16-9-12(7-8-15)17(14)2/h3-6,9H,7-8,10,15H2,1-2H3. The highest BCUT2D eigenvalue weighted by Gasteiger charge is 2.06. The molecule has 2 aromatic rings. The van der Waals surface area contributed by atoms with Crippen molar-refractivity contribution in [3.05, 3.63) is 47.5 Å². The van der Waals surface area contributed by atoms with Gasteiger partial charge in [-0.3, -0.25) is 0 Å². The summed E-state index contributed by atoms with van der Waals surface area (Å²) in [6.07, 6.45) is 2.70. The highest BCUT2D eigenvalue weighted by Crippen LogP contribution is 2.13. The molecule has 18 heavy (non-hydrogen) atoms. The number of rotatable bonds is 5. The van der Waals surface area contributed by atoms with Crippen LogP contribution in [0.4, 0.5) is 0 Å². The van der Waals surface area contributed by atoms with E-state index in [1.165, 1.54) is 5.56 Å². The van der Waals surface area contributed by atoms with Crippen molar-refractivity contribution in [1.29, 1.82) is 0 Å². The van der Waals surface area contributed by atoms with Crippen LogP contribution in [-0.2, 0) is 20.1 Å². The van der Waals surface area contributed by atoms with Crippen LogP contribution in [0.25, 0.3) is 0 Å². The molecule has 1 heterocycles. The van der Waals surface area contributed by atoms with E-state index < -0.39 is 0 Å². The van der Waals surface area contributed by atoms with Gasteiger partial charge in [0.1, 0.15) is 18.2 Å². The Balaban J connectivity index is 1.99. The molecule has 96 valence electrons. The zero-order valence-electron chi connectivity index (χ0n) is 10.9. The van der Waals surface area contributed by atoms with Crippen molar-refractivity contribution >= 4 is 0 Å². The Labute approximate surface area is 107 Å². The quantitative estimate of drug-likeness (QED) is 0.874. The van der Waals surface area contributed by atoms with Gasteiger partial charge in [-0.25, -0.2) is 4.98 Å². The smallest absolute Gasteiger partial charge is 0.146 e. The fourth-order valence-electron chi connectivity index (χ4n) is 1.78. The van der Waals surface area contributed by atoms with Gasteiger partial charge < -0.3 is 15.0 Å². The monoisotopic (exact) mass is 245 g/mol. The third kappa shape index (κ3) is 2.90. The second-order valence-electron chi connectivity index (χ2n) is 4.37. The van der Waals surface area contributed by atoms with Gasteiger partial charge in [-0.15, -0.1) is 0 Å². The van der Waals surface area contributed by atoms with Crippen LogP contribution in [0.15, 0.2) is 30.5 Å². The maximum Gasteiger partial charge on any atom is 0.146 e. The zero-order valence-corrected chi connectivity index (χ0v) is 10.9. The Kier molecular flexibility index (Phi) is 3.99. The van der Waals surface area contributed by atoms with Crippen molar-refractivity contribution in [3.8, 4) is 5.75 Å². The lowest BCUT2D eigenvalue weighted by Crippen LogP contribution is -2.09. The Hall–Kier alpha value is -1.81. The third-order valence-corrected chi connectivity index (χ3v) is 2.97. The first-order chi connectivity index (χ1) is 8.70. The second kappa shape index (κ2) is 5.69. The number of hydrogen-bond donors (Lipinski definition) is 1. The maximum atomic E-state index is 5.70. The van der Waals surface area contributed by atoms with Gasteiger partial charge in [0.25, 0.3) is 0 Å². The number of nitrogens with zero attached hydrogens (tertiary/aromatic N) is 2. The number of hydrogen-bond acceptors (Lipinski definition) is 3. The molecule has 2 rings (SSSR count). The van der Waals surface area contributed by atoms with Crippen molar-refractivity contribution in [2.24, 2.45) is 12.8 Å². The molecule has 2 N–H and O–H groups in total. The second-order valence-corrected chi connectivity index (χ2v) is 4.37. The minimum atomic E-state index is 0.476. The predicted molar refractivity (Wildman–Crippen MR) is 71.5 cm³/mol. The number of aromatic nitrogens is 2. The number of aryl methyl sites for hydroxylation is 1. The van der Waals surface area contributed by atoms with E-state index in [-0.39, 0.29) is 0 Å². The first kappa shape index (κ1) is 12.6. The molecule has 0 radical (unpaired) electrons. The van der Waals surface area contributed by atoms with Crippen LogP contribution in [0.3, 0.4) is 0 Å². The molecule has 0 saturated heterocycles. The zero-order chi connectivity index (χ0) is 13.0. The molecule has 4 heteroatoms. The third-order valence-electron chi connectivity index (χ3n) is 2.97. The number of imidazole rings is 1. The van der Waals surface area contributed by atoms with Crippen molar-refractivity contribution in [2.75, 3.05) is 6.54 Å². The van der Waals surface area contributed by atoms with E-state index in [1.54, 1.807) is 0 Å². The van der Waals surface area contributed by atoms with Gasteiger partial charge in [0, 0.05) is 25.4 Å². The van der Waals surface area contributed by atoms with Gasteiger partial charge in [0.2, 0.25) is 0 Å². The first-order valence-corrected chi connectivity index (χ1v) is 6.09. The average molecular weight is 245 g/mol. The average Bonchev–Trinajstić information content (AvgIpc) is 2.71. The van der Waals surface area contributed by atoms with E-state index in [1.807, 2.05) is 42.1 Å². The van der Waals surface area contributed by atoms with Crippen LogP contribution < -0.4 is 10.5 Å². The van der Waals surface area contributed by atoms with E-state index in [9.17, 15) is 0 Å².